The zero-order chi connectivity index (χ0) is 23.3. The number of aromatic nitrogens is 1. The molecule has 1 heterocycles. The normalized spacial score (nSPS) is 11.5. The zero-order valence-electron chi connectivity index (χ0n) is 17.4. The Morgan fingerprint density at radius 1 is 1.19 bits per heavy atom. The molecule has 8 nitrogen and oxygen atoms in total. The molecular formula is C21H22FN3O5S2. The first-order chi connectivity index (χ1) is 15.2. The van der Waals surface area contributed by atoms with E-state index in [2.05, 4.69) is 10.3 Å². The van der Waals surface area contributed by atoms with Crippen LogP contribution in [0.1, 0.15) is 29.3 Å². The lowest BCUT2D eigenvalue weighted by Crippen LogP contribution is -2.30. The number of anilines is 1. The van der Waals surface area contributed by atoms with Crippen molar-refractivity contribution in [1.82, 2.24) is 9.29 Å². The van der Waals surface area contributed by atoms with Gasteiger partial charge in [0.25, 0.3) is 5.91 Å². The highest BCUT2D eigenvalue weighted by atomic mass is 32.2. The summed E-state index contributed by atoms with van der Waals surface area (Å²) in [5.41, 5.74) is 0.0458. The van der Waals surface area contributed by atoms with E-state index in [9.17, 15) is 22.7 Å². The van der Waals surface area contributed by atoms with Gasteiger partial charge in [0.05, 0.1) is 10.6 Å². The van der Waals surface area contributed by atoms with Crippen molar-refractivity contribution in [1.29, 1.82) is 0 Å². The molecule has 0 aliphatic heterocycles. The third-order valence-electron chi connectivity index (χ3n) is 4.52. The van der Waals surface area contributed by atoms with E-state index in [0.29, 0.717) is 23.8 Å². The average Bonchev–Trinajstić information content (AvgIpc) is 3.24. The summed E-state index contributed by atoms with van der Waals surface area (Å²) < 4.78 is 45.2. The van der Waals surface area contributed by atoms with Gasteiger partial charge in [0.2, 0.25) is 10.0 Å². The molecule has 0 saturated carbocycles. The average molecular weight is 480 g/mol. The Labute approximate surface area is 189 Å². The molecule has 0 aliphatic rings. The van der Waals surface area contributed by atoms with Crippen LogP contribution >= 0.6 is 11.3 Å². The first kappa shape index (κ1) is 23.6. The van der Waals surface area contributed by atoms with E-state index >= 15 is 0 Å². The summed E-state index contributed by atoms with van der Waals surface area (Å²) in [7, 11) is -3.76. The predicted molar refractivity (Wildman–Crippen MR) is 119 cm³/mol. The Balaban J connectivity index is 1.71. The van der Waals surface area contributed by atoms with Crippen LogP contribution in [0.2, 0.25) is 0 Å². The quantitative estimate of drug-likeness (QED) is 0.451. The van der Waals surface area contributed by atoms with E-state index < -0.39 is 15.9 Å². The first-order valence-corrected chi connectivity index (χ1v) is 12.0. The minimum atomic E-state index is -3.76. The van der Waals surface area contributed by atoms with E-state index in [-0.39, 0.29) is 34.5 Å². The number of halogens is 1. The number of phenols is 1. The van der Waals surface area contributed by atoms with Gasteiger partial charge in [0, 0.05) is 18.5 Å². The van der Waals surface area contributed by atoms with E-state index in [1.54, 1.807) is 13.8 Å². The lowest BCUT2D eigenvalue weighted by atomic mass is 10.3. The van der Waals surface area contributed by atoms with Gasteiger partial charge in [-0.15, -0.1) is 11.3 Å². The van der Waals surface area contributed by atoms with Crippen molar-refractivity contribution < 1.29 is 27.4 Å². The largest absolute Gasteiger partial charge is 0.506 e. The molecular weight excluding hydrogens is 457 g/mol. The van der Waals surface area contributed by atoms with Crippen LogP contribution in [0.5, 0.6) is 11.5 Å². The summed E-state index contributed by atoms with van der Waals surface area (Å²) >= 11 is 1.20. The van der Waals surface area contributed by atoms with Crippen molar-refractivity contribution in [3.63, 3.8) is 0 Å². The van der Waals surface area contributed by atoms with Gasteiger partial charge in [-0.1, -0.05) is 13.8 Å². The van der Waals surface area contributed by atoms with Crippen LogP contribution in [-0.4, -0.2) is 41.8 Å². The van der Waals surface area contributed by atoms with Gasteiger partial charge in [-0.3, -0.25) is 4.79 Å². The number of nitrogens with one attached hydrogen (secondary N) is 1. The van der Waals surface area contributed by atoms with Crippen LogP contribution in [0.15, 0.2) is 52.7 Å². The van der Waals surface area contributed by atoms with Crippen LogP contribution in [0.4, 0.5) is 10.1 Å². The van der Waals surface area contributed by atoms with Crippen molar-refractivity contribution in [2.75, 3.05) is 18.4 Å². The maximum Gasteiger partial charge on any atom is 0.275 e. The summed E-state index contributed by atoms with van der Waals surface area (Å²) in [5, 5.41) is 14.6. The lowest BCUT2D eigenvalue weighted by Gasteiger charge is -2.19. The third kappa shape index (κ3) is 5.42. The fraction of sp³-hybridized carbons (Fsp3) is 0.238. The molecule has 0 unspecified atom stereocenters. The van der Waals surface area contributed by atoms with Gasteiger partial charge in [-0.2, -0.15) is 4.31 Å². The van der Waals surface area contributed by atoms with Crippen LogP contribution in [-0.2, 0) is 16.6 Å². The smallest absolute Gasteiger partial charge is 0.275 e. The summed E-state index contributed by atoms with van der Waals surface area (Å²) in [4.78, 5) is 16.7. The summed E-state index contributed by atoms with van der Waals surface area (Å²) in [6.45, 7) is 4.13. The Morgan fingerprint density at radius 3 is 2.53 bits per heavy atom. The molecule has 0 aliphatic carbocycles. The number of ether oxygens (including phenoxy) is 1. The minimum Gasteiger partial charge on any atom is -0.506 e. The number of rotatable bonds is 9. The second-order valence-corrected chi connectivity index (χ2v) is 9.47. The molecule has 1 amide bonds. The number of sulfonamides is 1. The highest BCUT2D eigenvalue weighted by molar-refractivity contribution is 7.89. The monoisotopic (exact) mass is 479 g/mol. The number of carbonyl (C=O) groups is 1. The highest BCUT2D eigenvalue weighted by Crippen LogP contribution is 2.28. The number of thiazole rings is 1. The number of hydrogen-bond donors (Lipinski definition) is 2. The number of aromatic hydroxyl groups is 1. The predicted octanol–water partition coefficient (Wildman–Crippen LogP) is 3.85. The highest BCUT2D eigenvalue weighted by Gasteiger charge is 2.23. The number of hydrogen-bond acceptors (Lipinski definition) is 7. The van der Waals surface area contributed by atoms with Crippen LogP contribution in [0.25, 0.3) is 0 Å². The van der Waals surface area contributed by atoms with E-state index in [1.807, 2.05) is 0 Å². The van der Waals surface area contributed by atoms with Crippen LogP contribution < -0.4 is 10.1 Å². The molecule has 3 rings (SSSR count). The van der Waals surface area contributed by atoms with E-state index in [0.717, 1.165) is 0 Å². The maximum atomic E-state index is 13.0. The van der Waals surface area contributed by atoms with Gasteiger partial charge >= 0.3 is 0 Å². The Kier molecular flexibility index (Phi) is 7.44. The van der Waals surface area contributed by atoms with Crippen LogP contribution in [0.3, 0.4) is 0 Å². The van der Waals surface area contributed by atoms with Gasteiger partial charge < -0.3 is 15.2 Å². The second-order valence-electron chi connectivity index (χ2n) is 6.59. The van der Waals surface area contributed by atoms with Crippen molar-refractivity contribution in [2.24, 2.45) is 0 Å². The fourth-order valence-corrected chi connectivity index (χ4v) is 5.00. The number of phenolic OH excluding ortho intramolecular Hbond substituents is 1. The topological polar surface area (TPSA) is 109 Å². The lowest BCUT2D eigenvalue weighted by molar-refractivity contribution is 0.102. The molecule has 1 aromatic heterocycles. The third-order valence-corrected chi connectivity index (χ3v) is 7.39. The zero-order valence-corrected chi connectivity index (χ0v) is 19.0. The molecule has 0 radical (unpaired) electrons. The molecule has 0 bridgehead atoms. The molecule has 0 saturated heterocycles. The van der Waals surface area contributed by atoms with Gasteiger partial charge in [0.15, 0.2) is 0 Å². The SMILES string of the molecule is CCN(CC)S(=O)(=O)c1ccc(O)c(NC(=O)c2csc(COc3ccc(F)cc3)n2)c1. The van der Waals surface area contributed by atoms with Gasteiger partial charge in [-0.25, -0.2) is 17.8 Å². The Morgan fingerprint density at radius 2 is 1.88 bits per heavy atom. The molecule has 0 atom stereocenters. The van der Waals surface area contributed by atoms with E-state index in [1.165, 1.54) is 63.5 Å². The number of amides is 1. The number of carbonyl (C=O) groups excluding carboxylic acids is 1. The first-order valence-electron chi connectivity index (χ1n) is 9.71. The molecule has 0 fully saturated rings. The van der Waals surface area contributed by atoms with Crippen molar-refractivity contribution in [2.45, 2.75) is 25.3 Å². The fourth-order valence-electron chi connectivity index (χ4n) is 2.83. The molecule has 2 N–H and O–H groups in total. The molecule has 32 heavy (non-hydrogen) atoms. The Bertz CT molecular complexity index is 1190. The van der Waals surface area contributed by atoms with Crippen LogP contribution in [0, 0.1) is 5.82 Å². The van der Waals surface area contributed by atoms with Crippen molar-refractivity contribution >= 4 is 33.0 Å². The molecule has 170 valence electrons. The summed E-state index contributed by atoms with van der Waals surface area (Å²) in [5.74, 6) is -0.791. The molecule has 0 spiro atoms. The standard InChI is InChI=1S/C21H22FN3O5S2/c1-3-25(4-2)32(28,29)16-9-10-19(26)17(11-16)24-21(27)18-13-31-20(23-18)12-30-15-7-5-14(22)6-8-15/h5-11,13,26H,3-4,12H2,1-2H3,(H,24,27). The molecule has 11 heteroatoms. The van der Waals surface area contributed by atoms with E-state index in [4.69, 9.17) is 4.74 Å². The Hall–Kier alpha value is -3.02. The van der Waals surface area contributed by atoms with Gasteiger partial charge in [0.1, 0.15) is 34.6 Å². The maximum absolute atomic E-state index is 13.0. The molecule has 3 aromatic rings. The minimum absolute atomic E-state index is 0.0408. The second kappa shape index (κ2) is 10.1. The number of benzene rings is 2. The van der Waals surface area contributed by atoms with Crippen molar-refractivity contribution in [3.8, 4) is 11.5 Å². The summed E-state index contributed by atoms with van der Waals surface area (Å²) in [6, 6.07) is 9.23. The van der Waals surface area contributed by atoms with Gasteiger partial charge in [-0.05, 0) is 42.5 Å². The summed E-state index contributed by atoms with van der Waals surface area (Å²) in [6.07, 6.45) is 0. The number of nitrogens with zero attached hydrogens (tertiary/aromatic N) is 2. The molecule has 2 aromatic carbocycles. The van der Waals surface area contributed by atoms with Crippen molar-refractivity contribution in [3.05, 3.63) is 64.4 Å².